The maximum absolute atomic E-state index is 3.82. The topological polar surface area (TPSA) is 15.3 Å². The van der Waals surface area contributed by atoms with E-state index in [1.54, 1.807) is 0 Å². The molecule has 1 saturated carbocycles. The third-order valence-corrected chi connectivity index (χ3v) is 5.64. The first kappa shape index (κ1) is 15.1. The molecule has 0 radical (unpaired) electrons. The number of nitrogens with one attached hydrogen (secondary N) is 1. The Kier molecular flexibility index (Phi) is 4.11. The SMILES string of the molecule is CC1(c2ccccc2)CN(CC2CCCC2)C(C)(C)CN1. The Bertz CT molecular complexity index is 462. The molecule has 2 aliphatic rings. The van der Waals surface area contributed by atoms with Gasteiger partial charge in [0, 0.05) is 25.2 Å². The first-order chi connectivity index (χ1) is 10.00. The predicted molar refractivity (Wildman–Crippen MR) is 89.4 cm³/mol. The fourth-order valence-corrected chi connectivity index (χ4v) is 3.99. The van der Waals surface area contributed by atoms with Gasteiger partial charge in [0.15, 0.2) is 0 Å². The van der Waals surface area contributed by atoms with Crippen LogP contribution in [0.3, 0.4) is 0 Å². The van der Waals surface area contributed by atoms with Crippen molar-refractivity contribution in [3.05, 3.63) is 35.9 Å². The molecule has 1 aromatic rings. The van der Waals surface area contributed by atoms with E-state index in [9.17, 15) is 0 Å². The summed E-state index contributed by atoms with van der Waals surface area (Å²) in [5, 5.41) is 3.82. The highest BCUT2D eigenvalue weighted by molar-refractivity contribution is 5.25. The van der Waals surface area contributed by atoms with Crippen molar-refractivity contribution >= 4 is 0 Å². The lowest BCUT2D eigenvalue weighted by Gasteiger charge is -2.52. The van der Waals surface area contributed by atoms with Crippen molar-refractivity contribution in [1.29, 1.82) is 0 Å². The molecular formula is C19H30N2. The molecule has 1 atom stereocenters. The van der Waals surface area contributed by atoms with Crippen molar-refractivity contribution in [3.8, 4) is 0 Å². The van der Waals surface area contributed by atoms with Gasteiger partial charge < -0.3 is 5.32 Å². The molecule has 1 N–H and O–H groups in total. The van der Waals surface area contributed by atoms with Crippen LogP contribution < -0.4 is 5.32 Å². The van der Waals surface area contributed by atoms with Gasteiger partial charge in [0.25, 0.3) is 0 Å². The molecule has 3 rings (SSSR count). The maximum Gasteiger partial charge on any atom is 0.0535 e. The predicted octanol–water partition coefficient (Wildman–Crippen LogP) is 3.78. The van der Waals surface area contributed by atoms with Crippen molar-refractivity contribution in [2.75, 3.05) is 19.6 Å². The molecule has 1 aliphatic carbocycles. The Balaban J connectivity index is 1.77. The molecule has 2 heteroatoms. The summed E-state index contributed by atoms with van der Waals surface area (Å²) in [6.45, 7) is 10.6. The van der Waals surface area contributed by atoms with Crippen LogP contribution in [0.2, 0.25) is 0 Å². The van der Waals surface area contributed by atoms with Crippen LogP contribution in [0.15, 0.2) is 30.3 Å². The summed E-state index contributed by atoms with van der Waals surface area (Å²) in [4.78, 5) is 2.74. The lowest BCUT2D eigenvalue weighted by Crippen LogP contribution is -2.66. The number of nitrogens with zero attached hydrogens (tertiary/aromatic N) is 1. The molecule has 1 saturated heterocycles. The van der Waals surface area contributed by atoms with Gasteiger partial charge in [-0.2, -0.15) is 0 Å². The molecule has 0 bridgehead atoms. The Hall–Kier alpha value is -0.860. The highest BCUT2D eigenvalue weighted by atomic mass is 15.3. The van der Waals surface area contributed by atoms with Crippen LogP contribution in [0, 0.1) is 5.92 Å². The van der Waals surface area contributed by atoms with E-state index in [1.807, 2.05) is 0 Å². The van der Waals surface area contributed by atoms with Gasteiger partial charge in [-0.1, -0.05) is 43.2 Å². The van der Waals surface area contributed by atoms with Crippen LogP contribution in [-0.4, -0.2) is 30.1 Å². The monoisotopic (exact) mass is 286 g/mol. The molecule has 0 aromatic heterocycles. The molecule has 1 heterocycles. The van der Waals surface area contributed by atoms with E-state index in [2.05, 4.69) is 61.3 Å². The molecule has 21 heavy (non-hydrogen) atoms. The number of rotatable bonds is 3. The quantitative estimate of drug-likeness (QED) is 0.910. The molecule has 116 valence electrons. The van der Waals surface area contributed by atoms with Crippen LogP contribution in [0.1, 0.15) is 52.0 Å². The zero-order valence-electron chi connectivity index (χ0n) is 13.9. The Labute approximate surface area is 129 Å². The van der Waals surface area contributed by atoms with Gasteiger partial charge in [0.1, 0.15) is 0 Å². The second-order valence-electron chi connectivity index (χ2n) is 7.90. The van der Waals surface area contributed by atoms with Crippen molar-refractivity contribution in [2.45, 2.75) is 57.5 Å². The van der Waals surface area contributed by atoms with Crippen molar-refractivity contribution < 1.29 is 0 Å². The van der Waals surface area contributed by atoms with Gasteiger partial charge in [-0.3, -0.25) is 4.90 Å². The van der Waals surface area contributed by atoms with Crippen LogP contribution in [0.4, 0.5) is 0 Å². The average Bonchev–Trinajstić information content (AvgIpc) is 2.98. The lowest BCUT2D eigenvalue weighted by molar-refractivity contribution is 0.0194. The minimum absolute atomic E-state index is 0.0788. The summed E-state index contributed by atoms with van der Waals surface area (Å²) in [5.74, 6) is 0.919. The van der Waals surface area contributed by atoms with Crippen LogP contribution in [0.25, 0.3) is 0 Å². The number of benzene rings is 1. The number of hydrogen-bond acceptors (Lipinski definition) is 2. The maximum atomic E-state index is 3.82. The minimum Gasteiger partial charge on any atom is -0.305 e. The van der Waals surface area contributed by atoms with Crippen molar-refractivity contribution in [3.63, 3.8) is 0 Å². The summed E-state index contributed by atoms with van der Waals surface area (Å²) in [6.07, 6.45) is 5.74. The summed E-state index contributed by atoms with van der Waals surface area (Å²) in [5.41, 5.74) is 1.75. The molecule has 2 nitrogen and oxygen atoms in total. The van der Waals surface area contributed by atoms with E-state index in [0.29, 0.717) is 0 Å². The van der Waals surface area contributed by atoms with Gasteiger partial charge in [-0.25, -0.2) is 0 Å². The fourth-order valence-electron chi connectivity index (χ4n) is 3.99. The second kappa shape index (κ2) is 5.73. The van der Waals surface area contributed by atoms with Gasteiger partial charge in [0.2, 0.25) is 0 Å². The first-order valence-corrected chi connectivity index (χ1v) is 8.55. The Morgan fingerprint density at radius 2 is 1.76 bits per heavy atom. The molecular weight excluding hydrogens is 256 g/mol. The summed E-state index contributed by atoms with van der Waals surface area (Å²) >= 11 is 0. The van der Waals surface area contributed by atoms with E-state index in [-0.39, 0.29) is 11.1 Å². The molecule has 0 amide bonds. The standard InChI is InChI=1S/C19H30N2/c1-18(2)14-20-19(3,17-11-5-4-6-12-17)15-21(18)13-16-9-7-8-10-16/h4-6,11-12,16,20H,7-10,13-15H2,1-3H3. The molecule has 1 aliphatic heterocycles. The van der Waals surface area contributed by atoms with Crippen LogP contribution in [0.5, 0.6) is 0 Å². The zero-order valence-corrected chi connectivity index (χ0v) is 13.9. The summed E-state index contributed by atoms with van der Waals surface area (Å²) in [6, 6.07) is 10.9. The van der Waals surface area contributed by atoms with E-state index in [0.717, 1.165) is 19.0 Å². The smallest absolute Gasteiger partial charge is 0.0535 e. The van der Waals surface area contributed by atoms with Crippen molar-refractivity contribution in [2.24, 2.45) is 5.92 Å². The van der Waals surface area contributed by atoms with Gasteiger partial charge >= 0.3 is 0 Å². The first-order valence-electron chi connectivity index (χ1n) is 8.55. The molecule has 1 unspecified atom stereocenters. The summed E-state index contributed by atoms with van der Waals surface area (Å²) < 4.78 is 0. The highest BCUT2D eigenvalue weighted by Gasteiger charge is 2.41. The van der Waals surface area contributed by atoms with Crippen molar-refractivity contribution in [1.82, 2.24) is 10.2 Å². The van der Waals surface area contributed by atoms with Crippen LogP contribution in [-0.2, 0) is 5.54 Å². The third kappa shape index (κ3) is 3.17. The normalized spacial score (nSPS) is 30.6. The molecule has 1 aromatic carbocycles. The lowest BCUT2D eigenvalue weighted by atomic mass is 9.84. The summed E-state index contributed by atoms with van der Waals surface area (Å²) in [7, 11) is 0. The van der Waals surface area contributed by atoms with Gasteiger partial charge in [-0.15, -0.1) is 0 Å². The van der Waals surface area contributed by atoms with E-state index >= 15 is 0 Å². The van der Waals surface area contributed by atoms with Crippen LogP contribution >= 0.6 is 0 Å². The minimum atomic E-state index is 0.0788. The largest absolute Gasteiger partial charge is 0.305 e. The Morgan fingerprint density at radius 1 is 1.10 bits per heavy atom. The average molecular weight is 286 g/mol. The fraction of sp³-hybridized carbons (Fsp3) is 0.684. The van der Waals surface area contributed by atoms with Gasteiger partial charge in [0.05, 0.1) is 5.54 Å². The second-order valence-corrected chi connectivity index (χ2v) is 7.90. The Morgan fingerprint density at radius 3 is 2.43 bits per heavy atom. The molecule has 2 fully saturated rings. The van der Waals surface area contributed by atoms with E-state index < -0.39 is 0 Å². The van der Waals surface area contributed by atoms with E-state index in [1.165, 1.54) is 37.8 Å². The van der Waals surface area contributed by atoms with E-state index in [4.69, 9.17) is 0 Å². The molecule has 0 spiro atoms. The highest BCUT2D eigenvalue weighted by Crippen LogP contribution is 2.34. The number of piperazine rings is 1. The number of hydrogen-bond donors (Lipinski definition) is 1. The van der Waals surface area contributed by atoms with Gasteiger partial charge in [-0.05, 0) is 45.1 Å². The zero-order chi connectivity index (χ0) is 14.9. The third-order valence-electron chi connectivity index (χ3n) is 5.64.